The normalized spacial score (nSPS) is 11.4. The largest absolute Gasteiger partial charge is 0.287 e. The van der Waals surface area contributed by atoms with Gasteiger partial charge in [-0.1, -0.05) is 41.0 Å². The Hall–Kier alpha value is -1.01. The van der Waals surface area contributed by atoms with Gasteiger partial charge in [-0.25, -0.2) is 4.98 Å². The molecule has 0 aliphatic rings. The molecule has 0 unspecified atom stereocenters. The average Bonchev–Trinajstić information content (AvgIpc) is 2.81. The fourth-order valence-corrected chi connectivity index (χ4v) is 5.17. The van der Waals surface area contributed by atoms with Crippen LogP contribution >= 0.6 is 46.3 Å². The molecule has 0 saturated heterocycles. The minimum atomic E-state index is 0.0362. The van der Waals surface area contributed by atoms with Crippen molar-refractivity contribution in [3.8, 4) is 0 Å². The first kappa shape index (κ1) is 17.8. The summed E-state index contributed by atoms with van der Waals surface area (Å²) in [6.45, 7) is 6.56. The molecule has 0 aliphatic carbocycles. The summed E-state index contributed by atoms with van der Waals surface area (Å²) in [5.41, 5.74) is 2.04. The van der Waals surface area contributed by atoms with Crippen LogP contribution in [0.2, 0.25) is 10.0 Å². The average molecular weight is 399 g/mol. The van der Waals surface area contributed by atoms with Gasteiger partial charge in [-0.15, -0.1) is 11.3 Å². The van der Waals surface area contributed by atoms with Crippen LogP contribution < -0.4 is 5.56 Å². The van der Waals surface area contributed by atoms with E-state index in [1.807, 2.05) is 32.9 Å². The lowest BCUT2D eigenvalue weighted by Crippen LogP contribution is -2.22. The maximum atomic E-state index is 12.8. The summed E-state index contributed by atoms with van der Waals surface area (Å²) in [5.74, 6) is 0.636. The molecule has 0 fully saturated rings. The van der Waals surface area contributed by atoms with Gasteiger partial charge >= 0.3 is 0 Å². The molecule has 0 bridgehead atoms. The zero-order chi connectivity index (χ0) is 17.4. The van der Waals surface area contributed by atoms with Crippen molar-refractivity contribution in [3.05, 3.63) is 54.6 Å². The maximum Gasteiger partial charge on any atom is 0.263 e. The highest BCUT2D eigenvalue weighted by molar-refractivity contribution is 7.98. The van der Waals surface area contributed by atoms with E-state index >= 15 is 0 Å². The highest BCUT2D eigenvalue weighted by Crippen LogP contribution is 2.31. The summed E-state index contributed by atoms with van der Waals surface area (Å²) in [6.07, 6.45) is 0. The van der Waals surface area contributed by atoms with Gasteiger partial charge in [0.25, 0.3) is 5.56 Å². The number of aromatic nitrogens is 2. The number of thiophene rings is 1. The maximum absolute atomic E-state index is 12.8. The van der Waals surface area contributed by atoms with E-state index in [-0.39, 0.29) is 5.56 Å². The van der Waals surface area contributed by atoms with Crippen LogP contribution in [0.3, 0.4) is 0 Å². The van der Waals surface area contributed by atoms with Gasteiger partial charge in [-0.05, 0) is 44.0 Å². The Bertz CT molecular complexity index is 979. The van der Waals surface area contributed by atoms with Crippen molar-refractivity contribution >= 4 is 56.5 Å². The van der Waals surface area contributed by atoms with E-state index in [1.165, 1.54) is 11.8 Å². The number of benzene rings is 1. The molecule has 0 radical (unpaired) electrons. The zero-order valence-electron chi connectivity index (χ0n) is 13.5. The van der Waals surface area contributed by atoms with E-state index in [2.05, 4.69) is 0 Å². The second kappa shape index (κ2) is 7.08. The van der Waals surface area contributed by atoms with Gasteiger partial charge in [0.15, 0.2) is 5.16 Å². The Balaban J connectivity index is 2.01. The highest BCUT2D eigenvalue weighted by Gasteiger charge is 2.16. The van der Waals surface area contributed by atoms with Crippen molar-refractivity contribution in [2.45, 2.75) is 38.2 Å². The van der Waals surface area contributed by atoms with Crippen molar-refractivity contribution in [1.82, 2.24) is 9.55 Å². The number of fused-ring (bicyclic) bond motifs is 1. The molecule has 0 saturated carbocycles. The van der Waals surface area contributed by atoms with E-state index in [1.54, 1.807) is 22.0 Å². The number of halogens is 2. The molecular formula is C17H16Cl2N2OS2. The van der Waals surface area contributed by atoms with E-state index in [4.69, 9.17) is 28.2 Å². The Morgan fingerprint density at radius 3 is 2.71 bits per heavy atom. The second-order valence-corrected chi connectivity index (χ2v) is 8.42. The quantitative estimate of drug-likeness (QED) is 0.417. The van der Waals surface area contributed by atoms with Crippen LogP contribution in [0.1, 0.15) is 22.9 Å². The van der Waals surface area contributed by atoms with E-state index < -0.39 is 0 Å². The first-order chi connectivity index (χ1) is 11.4. The molecule has 3 aromatic rings. The van der Waals surface area contributed by atoms with Crippen LogP contribution in [-0.4, -0.2) is 9.55 Å². The molecule has 0 aliphatic heterocycles. The van der Waals surface area contributed by atoms with Crippen LogP contribution in [0.15, 0.2) is 28.2 Å². The van der Waals surface area contributed by atoms with Crippen LogP contribution in [0.4, 0.5) is 0 Å². The smallest absolute Gasteiger partial charge is 0.263 e. The van der Waals surface area contributed by atoms with E-state index in [0.29, 0.717) is 22.3 Å². The molecule has 1 aromatic carbocycles. The topological polar surface area (TPSA) is 34.9 Å². The van der Waals surface area contributed by atoms with Gasteiger partial charge < -0.3 is 0 Å². The number of thioether (sulfide) groups is 1. The van der Waals surface area contributed by atoms with Crippen LogP contribution in [-0.2, 0) is 12.3 Å². The van der Waals surface area contributed by atoms with Crippen molar-refractivity contribution in [2.24, 2.45) is 0 Å². The summed E-state index contributed by atoms with van der Waals surface area (Å²) >= 11 is 15.3. The second-order valence-electron chi connectivity index (χ2n) is 5.43. The minimum absolute atomic E-state index is 0.0362. The highest BCUT2D eigenvalue weighted by atomic mass is 35.5. The van der Waals surface area contributed by atoms with Gasteiger partial charge in [0.05, 0.1) is 5.39 Å². The Kier molecular flexibility index (Phi) is 5.25. The fraction of sp³-hybridized carbons (Fsp3) is 0.294. The molecule has 126 valence electrons. The van der Waals surface area contributed by atoms with Crippen molar-refractivity contribution in [2.75, 3.05) is 0 Å². The first-order valence-corrected chi connectivity index (χ1v) is 10.1. The molecule has 0 atom stereocenters. The van der Waals surface area contributed by atoms with Crippen LogP contribution in [0.25, 0.3) is 10.2 Å². The molecule has 3 nitrogen and oxygen atoms in total. The van der Waals surface area contributed by atoms with Gasteiger partial charge in [-0.3, -0.25) is 9.36 Å². The summed E-state index contributed by atoms with van der Waals surface area (Å²) in [5, 5.41) is 2.71. The summed E-state index contributed by atoms with van der Waals surface area (Å²) in [6, 6.07) is 5.46. The van der Waals surface area contributed by atoms with E-state index in [0.717, 1.165) is 31.4 Å². The third-order valence-corrected chi connectivity index (χ3v) is 6.66. The number of aryl methyl sites for hydroxylation is 2. The predicted molar refractivity (Wildman–Crippen MR) is 105 cm³/mol. The number of rotatable bonds is 4. The van der Waals surface area contributed by atoms with Gasteiger partial charge in [-0.2, -0.15) is 0 Å². The van der Waals surface area contributed by atoms with Gasteiger partial charge in [0, 0.05) is 27.2 Å². The first-order valence-electron chi connectivity index (χ1n) is 7.49. The summed E-state index contributed by atoms with van der Waals surface area (Å²) < 4.78 is 1.73. The molecule has 7 heteroatoms. The monoisotopic (exact) mass is 398 g/mol. The van der Waals surface area contributed by atoms with Crippen molar-refractivity contribution in [1.29, 1.82) is 0 Å². The fourth-order valence-electron chi connectivity index (χ4n) is 2.48. The molecule has 0 amide bonds. The lowest BCUT2D eigenvalue weighted by Gasteiger charge is -2.10. The molecule has 2 aromatic heterocycles. The zero-order valence-corrected chi connectivity index (χ0v) is 16.7. The van der Waals surface area contributed by atoms with E-state index in [9.17, 15) is 4.79 Å². The lowest BCUT2D eigenvalue weighted by atomic mass is 10.2. The van der Waals surface area contributed by atoms with Crippen LogP contribution in [0, 0.1) is 13.8 Å². The molecule has 2 heterocycles. The standard InChI is InChI=1S/C17H16Cl2N2OS2/c1-4-21-16(22)14-9(2)10(3)24-15(14)20-17(21)23-8-11-5-6-12(18)7-13(11)19/h5-7H,4,8H2,1-3H3. The third kappa shape index (κ3) is 3.23. The molecule has 24 heavy (non-hydrogen) atoms. The summed E-state index contributed by atoms with van der Waals surface area (Å²) in [4.78, 5) is 19.5. The Labute approximate surface area is 158 Å². The van der Waals surface area contributed by atoms with Crippen molar-refractivity contribution in [3.63, 3.8) is 0 Å². The SMILES string of the molecule is CCn1c(SCc2ccc(Cl)cc2Cl)nc2sc(C)c(C)c2c1=O. The molecular weight excluding hydrogens is 383 g/mol. The molecule has 0 spiro atoms. The Morgan fingerprint density at radius 1 is 1.29 bits per heavy atom. The number of hydrogen-bond acceptors (Lipinski definition) is 4. The molecule has 3 rings (SSSR count). The molecule has 0 N–H and O–H groups in total. The number of hydrogen-bond donors (Lipinski definition) is 0. The Morgan fingerprint density at radius 2 is 2.04 bits per heavy atom. The van der Waals surface area contributed by atoms with Crippen LogP contribution in [0.5, 0.6) is 0 Å². The lowest BCUT2D eigenvalue weighted by molar-refractivity contribution is 0.635. The third-order valence-electron chi connectivity index (χ3n) is 3.94. The van der Waals surface area contributed by atoms with Gasteiger partial charge in [0.2, 0.25) is 0 Å². The summed E-state index contributed by atoms with van der Waals surface area (Å²) in [7, 11) is 0. The predicted octanol–water partition coefficient (Wildman–Crippen LogP) is 5.69. The minimum Gasteiger partial charge on any atom is -0.287 e. The number of nitrogens with zero attached hydrogens (tertiary/aromatic N) is 2. The van der Waals surface area contributed by atoms with Crippen molar-refractivity contribution < 1.29 is 0 Å². The van der Waals surface area contributed by atoms with Gasteiger partial charge in [0.1, 0.15) is 4.83 Å².